The van der Waals surface area contributed by atoms with Crippen molar-refractivity contribution in [3.63, 3.8) is 0 Å². The van der Waals surface area contributed by atoms with Gasteiger partial charge in [0.1, 0.15) is 17.3 Å². The Morgan fingerprint density at radius 3 is 0.534 bits per heavy atom. The van der Waals surface area contributed by atoms with E-state index in [0.29, 0.717) is 0 Å². The minimum absolute atomic E-state index is 0. The zero-order chi connectivity index (χ0) is 47.6. The molecule has 0 saturated carbocycles. The van der Waals surface area contributed by atoms with Crippen LogP contribution in [0, 0.1) is 58.0 Å². The standard InChI is InChI=1S/3C10H11F7O2.Ce/c3*1-7(2,3)5(18)4-6(19)8(11,12)9(13,14)10(15,16)17;/h3*4,18H,1-3H3;. The summed E-state index contributed by atoms with van der Waals surface area (Å²) < 4.78 is 258. The molecule has 0 rings (SSSR count). The maximum Gasteiger partial charge on any atom is 0.460 e. The van der Waals surface area contributed by atoms with Crippen molar-refractivity contribution in [1.82, 2.24) is 0 Å². The van der Waals surface area contributed by atoms with Crippen LogP contribution in [0.25, 0.3) is 0 Å². The van der Waals surface area contributed by atoms with Crippen molar-refractivity contribution in [3.05, 3.63) is 35.5 Å². The third-order valence-electron chi connectivity index (χ3n) is 6.29. The van der Waals surface area contributed by atoms with Gasteiger partial charge in [0.15, 0.2) is 0 Å². The van der Waals surface area contributed by atoms with Crippen LogP contribution in [0.3, 0.4) is 0 Å². The molecule has 0 amide bonds. The van der Waals surface area contributed by atoms with Gasteiger partial charge in [-0.15, -0.1) is 0 Å². The SMILES string of the molecule is CC(C)(C)C(O)=CC(=O)C(F)(F)C(F)(F)C(F)(F)F.CC(C)(C)C(O)=CC(=O)C(F)(F)C(F)(F)C(F)(F)F.CC(C)(C)C(O)=CC(=O)C(F)(F)C(F)(F)C(F)(F)F.[Ce]. The van der Waals surface area contributed by atoms with Crippen molar-refractivity contribution in [3.8, 4) is 0 Å². The second-order valence-electron chi connectivity index (χ2n) is 14.4. The van der Waals surface area contributed by atoms with Gasteiger partial charge in [-0.05, 0) is 0 Å². The molecule has 0 aromatic heterocycles. The fourth-order valence-corrected chi connectivity index (χ4v) is 2.29. The predicted octanol–water partition coefficient (Wildman–Crippen LogP) is 11.6. The molecule has 0 saturated heterocycles. The molecule has 0 atom stereocenters. The largest absolute Gasteiger partial charge is 0.512 e. The van der Waals surface area contributed by atoms with Gasteiger partial charge in [0.25, 0.3) is 0 Å². The van der Waals surface area contributed by atoms with E-state index in [9.17, 15) is 107 Å². The fourth-order valence-electron chi connectivity index (χ4n) is 2.29. The summed E-state index contributed by atoms with van der Waals surface area (Å²) in [6.45, 7) is 11.2. The topological polar surface area (TPSA) is 112 Å². The first-order valence-corrected chi connectivity index (χ1v) is 14.5. The molecule has 0 aliphatic heterocycles. The third-order valence-corrected chi connectivity index (χ3v) is 6.29. The molecule has 0 aliphatic rings. The molecule has 3 N–H and O–H groups in total. The second-order valence-corrected chi connectivity index (χ2v) is 14.4. The van der Waals surface area contributed by atoms with Crippen LogP contribution in [0.4, 0.5) is 92.2 Å². The van der Waals surface area contributed by atoms with Gasteiger partial charge in [-0.3, -0.25) is 14.4 Å². The summed E-state index contributed by atoms with van der Waals surface area (Å²) in [5, 5.41) is 27.5. The van der Waals surface area contributed by atoms with Gasteiger partial charge in [0.2, 0.25) is 17.3 Å². The van der Waals surface area contributed by atoms with Crippen LogP contribution < -0.4 is 0 Å². The van der Waals surface area contributed by atoms with Crippen molar-refractivity contribution < 1.29 is 164 Å². The van der Waals surface area contributed by atoms with Crippen LogP contribution in [0.5, 0.6) is 0 Å². The van der Waals surface area contributed by atoms with E-state index in [1.54, 1.807) is 0 Å². The van der Waals surface area contributed by atoms with Gasteiger partial charge in [-0.25, -0.2) is 0 Å². The van der Waals surface area contributed by atoms with E-state index >= 15 is 0 Å². The fraction of sp³-hybridized carbons (Fsp3) is 0.700. The van der Waals surface area contributed by atoms with Crippen molar-refractivity contribution in [2.24, 2.45) is 16.2 Å². The van der Waals surface area contributed by atoms with Crippen molar-refractivity contribution in [2.45, 2.75) is 116 Å². The molecular weight excluding hydrogens is 995 g/mol. The normalized spacial score (nSPS) is 15.3. The maximum atomic E-state index is 12.9. The molecule has 0 unspecified atom stereocenters. The average molecular weight is 1030 g/mol. The Hall–Kier alpha value is -2.46. The number of ketones is 3. The van der Waals surface area contributed by atoms with Gasteiger partial charge in [-0.2, -0.15) is 92.2 Å². The maximum absolute atomic E-state index is 12.9. The first kappa shape index (κ1) is 62.2. The Kier molecular flexibility index (Phi) is 20.4. The van der Waals surface area contributed by atoms with Crippen LogP contribution in [-0.4, -0.2) is 86.7 Å². The molecule has 0 aromatic rings. The number of allylic oxidation sites excluding steroid dienone is 6. The molecule has 340 valence electrons. The van der Waals surface area contributed by atoms with Crippen LogP contribution in [-0.2, 0) is 14.4 Å². The zero-order valence-electron chi connectivity index (χ0n) is 30.7. The third kappa shape index (κ3) is 14.9. The number of carbonyl (C=O) groups is 3. The van der Waals surface area contributed by atoms with E-state index in [0.717, 1.165) is 0 Å². The molecular formula is C30H33CeF21O6. The number of hydrogen-bond acceptors (Lipinski definition) is 6. The summed E-state index contributed by atoms with van der Waals surface area (Å²) in [5.74, 6) is -49.1. The van der Waals surface area contributed by atoms with Crippen molar-refractivity contribution >= 4 is 17.3 Å². The molecule has 0 aliphatic carbocycles. The van der Waals surface area contributed by atoms with Gasteiger partial charge in [0.05, 0.1) is 0 Å². The van der Waals surface area contributed by atoms with E-state index < -0.39 is 105 Å². The molecule has 0 heterocycles. The first-order valence-electron chi connectivity index (χ1n) is 14.5. The number of aliphatic hydroxyl groups excluding tert-OH is 3. The van der Waals surface area contributed by atoms with Crippen molar-refractivity contribution in [2.75, 3.05) is 0 Å². The zero-order valence-corrected chi connectivity index (χ0v) is 33.9. The van der Waals surface area contributed by atoms with E-state index in [1.165, 1.54) is 62.3 Å². The number of halogens is 21. The Morgan fingerprint density at radius 2 is 0.448 bits per heavy atom. The minimum atomic E-state index is -6.59. The number of hydrogen-bond donors (Lipinski definition) is 3. The van der Waals surface area contributed by atoms with Gasteiger partial charge < -0.3 is 15.3 Å². The van der Waals surface area contributed by atoms with Gasteiger partial charge in [-0.1, -0.05) is 62.3 Å². The molecule has 0 radical (unpaired) electrons. The Bertz CT molecular complexity index is 1350. The molecule has 58 heavy (non-hydrogen) atoms. The smallest absolute Gasteiger partial charge is 0.460 e. The van der Waals surface area contributed by atoms with E-state index in [4.69, 9.17) is 15.3 Å². The molecule has 6 nitrogen and oxygen atoms in total. The van der Waals surface area contributed by atoms with Gasteiger partial charge >= 0.3 is 54.1 Å². The summed E-state index contributed by atoms with van der Waals surface area (Å²) in [4.78, 5) is 32.5. The second kappa shape index (κ2) is 19.1. The van der Waals surface area contributed by atoms with Crippen LogP contribution >= 0.6 is 0 Å². The van der Waals surface area contributed by atoms with Crippen LogP contribution in [0.2, 0.25) is 0 Å². The van der Waals surface area contributed by atoms with Crippen LogP contribution in [0.1, 0.15) is 62.3 Å². The first-order chi connectivity index (χ1) is 24.1. The predicted molar refractivity (Wildman–Crippen MR) is 153 cm³/mol. The summed E-state index contributed by atoms with van der Waals surface area (Å²) in [6, 6.07) is 0. The Labute approximate surface area is 347 Å². The minimum Gasteiger partial charge on any atom is -0.512 e. The molecule has 28 heteroatoms. The summed E-state index contributed by atoms with van der Waals surface area (Å²) >= 11 is 0. The average Bonchev–Trinajstić information content (AvgIpc) is 2.93. The van der Waals surface area contributed by atoms with E-state index in [1.807, 2.05) is 0 Å². The Morgan fingerprint density at radius 1 is 0.328 bits per heavy atom. The number of rotatable bonds is 9. The number of alkyl halides is 21. The molecule has 0 aromatic carbocycles. The van der Waals surface area contributed by atoms with E-state index in [2.05, 4.69) is 0 Å². The summed E-state index contributed by atoms with van der Waals surface area (Å²) in [5.41, 5.74) is -3.75. The molecule has 0 fully saturated rings. The molecule has 0 bridgehead atoms. The Balaban J connectivity index is -0.000000374. The quantitative estimate of drug-likeness (QED) is 0.121. The number of carbonyl (C=O) groups excluding carboxylic acids is 3. The monoisotopic (exact) mass is 1030 g/mol. The van der Waals surface area contributed by atoms with Crippen molar-refractivity contribution in [1.29, 1.82) is 0 Å². The molecule has 0 spiro atoms. The summed E-state index contributed by atoms with van der Waals surface area (Å²) in [6.07, 6.45) is -20.7. The van der Waals surface area contributed by atoms with Gasteiger partial charge in [0, 0.05) is 76.2 Å². The number of aliphatic hydroxyl groups is 3. The summed E-state index contributed by atoms with van der Waals surface area (Å²) in [7, 11) is 0. The van der Waals surface area contributed by atoms with E-state index in [-0.39, 0.29) is 60.0 Å². The van der Waals surface area contributed by atoms with Crippen LogP contribution in [0.15, 0.2) is 35.5 Å².